The van der Waals surface area contributed by atoms with E-state index in [1.54, 1.807) is 13.2 Å². The first-order valence-electron chi connectivity index (χ1n) is 7.21. The number of aldehydes is 1. The molecule has 0 radical (unpaired) electrons. The fourth-order valence-electron chi connectivity index (χ4n) is 2.44. The van der Waals surface area contributed by atoms with Gasteiger partial charge in [0.2, 0.25) is 0 Å². The monoisotopic (exact) mass is 315 g/mol. The largest absolute Gasteiger partial charge is 0.387 e. The topological polar surface area (TPSA) is 56.1 Å². The number of hydrogen-bond acceptors (Lipinski definition) is 5. The predicted molar refractivity (Wildman–Crippen MR) is 86.6 cm³/mol. The number of nitrogens with zero attached hydrogens (tertiary/aromatic N) is 2. The Hall–Kier alpha value is -2.10. The molecule has 1 fully saturated rings. The minimum atomic E-state index is 0.406. The highest BCUT2D eigenvalue weighted by molar-refractivity contribution is 7.14. The number of nitrogens with one attached hydrogen (secondary N) is 1. The molecule has 1 N–H and O–H groups in total. The average Bonchev–Trinajstić information content (AvgIpc) is 3.20. The molecule has 114 valence electrons. The van der Waals surface area contributed by atoms with Gasteiger partial charge >= 0.3 is 0 Å². The number of anilines is 1. The molecular formula is C16H17N3O2S. The van der Waals surface area contributed by atoms with Crippen LogP contribution in [-0.4, -0.2) is 36.3 Å². The molecule has 2 aromatic heterocycles. The lowest BCUT2D eigenvalue weighted by atomic mass is 10.1. The fraction of sp³-hybridized carbons (Fsp3) is 0.375. The zero-order valence-corrected chi connectivity index (χ0v) is 13.2. The highest BCUT2D eigenvalue weighted by Crippen LogP contribution is 2.24. The van der Waals surface area contributed by atoms with Crippen molar-refractivity contribution in [2.45, 2.75) is 18.9 Å². The summed E-state index contributed by atoms with van der Waals surface area (Å²) in [5, 5.41) is 7.40. The minimum absolute atomic E-state index is 0.406. The second kappa shape index (κ2) is 6.77. The van der Waals surface area contributed by atoms with Crippen molar-refractivity contribution in [2.24, 2.45) is 0 Å². The summed E-state index contributed by atoms with van der Waals surface area (Å²) in [5.41, 5.74) is 1.71. The molecular weight excluding hydrogens is 298 g/mol. The van der Waals surface area contributed by atoms with Crippen LogP contribution in [0.2, 0.25) is 0 Å². The van der Waals surface area contributed by atoms with Crippen molar-refractivity contribution in [3.05, 3.63) is 33.8 Å². The van der Waals surface area contributed by atoms with Gasteiger partial charge in [0.05, 0.1) is 33.2 Å². The Kier molecular flexibility index (Phi) is 4.56. The summed E-state index contributed by atoms with van der Waals surface area (Å²) in [6, 6.07) is 2.30. The Morgan fingerprint density at radius 1 is 1.45 bits per heavy atom. The van der Waals surface area contributed by atoms with Crippen LogP contribution in [-0.2, 0) is 4.74 Å². The summed E-state index contributed by atoms with van der Waals surface area (Å²) in [6.45, 7) is 1.59. The molecule has 22 heavy (non-hydrogen) atoms. The lowest BCUT2D eigenvalue weighted by molar-refractivity contribution is 0.0662. The van der Waals surface area contributed by atoms with Crippen LogP contribution in [0, 0.1) is 11.8 Å². The molecule has 1 saturated heterocycles. The van der Waals surface area contributed by atoms with Gasteiger partial charge in [0.15, 0.2) is 6.29 Å². The smallest absolute Gasteiger partial charge is 0.162 e. The lowest BCUT2D eigenvalue weighted by Crippen LogP contribution is -2.19. The van der Waals surface area contributed by atoms with Gasteiger partial charge in [0.25, 0.3) is 0 Å². The molecule has 0 unspecified atom stereocenters. The van der Waals surface area contributed by atoms with Gasteiger partial charge < -0.3 is 10.1 Å². The zero-order chi connectivity index (χ0) is 15.4. The lowest BCUT2D eigenvalue weighted by Gasteiger charge is -2.22. The molecule has 0 aromatic carbocycles. The van der Waals surface area contributed by atoms with E-state index in [2.05, 4.69) is 22.3 Å². The molecule has 0 amide bonds. The van der Waals surface area contributed by atoms with Crippen molar-refractivity contribution in [1.82, 2.24) is 9.78 Å². The van der Waals surface area contributed by atoms with Gasteiger partial charge in [-0.05, 0) is 18.9 Å². The zero-order valence-electron chi connectivity index (χ0n) is 12.3. The standard InChI is InChI=1S/C16H17N3O2S/c1-17-15-8-14(22-16(15)11-20)3-2-12-9-18-19(10-12)13-4-6-21-7-5-13/h8-11,13,17H,4-7H2,1H3. The molecule has 0 spiro atoms. The second-order valence-corrected chi connectivity index (χ2v) is 6.14. The van der Waals surface area contributed by atoms with E-state index in [1.165, 1.54) is 11.3 Å². The van der Waals surface area contributed by atoms with Gasteiger partial charge in [-0.3, -0.25) is 9.48 Å². The number of hydrogen-bond donors (Lipinski definition) is 1. The van der Waals surface area contributed by atoms with Gasteiger partial charge in [-0.1, -0.05) is 11.8 Å². The Morgan fingerprint density at radius 3 is 2.95 bits per heavy atom. The van der Waals surface area contributed by atoms with Crippen LogP contribution in [0.1, 0.15) is 39.0 Å². The van der Waals surface area contributed by atoms with E-state index in [4.69, 9.17) is 4.74 Å². The first-order chi connectivity index (χ1) is 10.8. The van der Waals surface area contributed by atoms with Crippen molar-refractivity contribution in [2.75, 3.05) is 25.6 Å². The maximum atomic E-state index is 11.0. The molecule has 5 nitrogen and oxygen atoms in total. The number of aromatic nitrogens is 2. The summed E-state index contributed by atoms with van der Waals surface area (Å²) in [4.78, 5) is 12.5. The van der Waals surface area contributed by atoms with E-state index < -0.39 is 0 Å². The van der Waals surface area contributed by atoms with E-state index in [9.17, 15) is 4.79 Å². The molecule has 0 aliphatic carbocycles. The van der Waals surface area contributed by atoms with Crippen LogP contribution in [0.15, 0.2) is 18.5 Å². The summed E-state index contributed by atoms with van der Waals surface area (Å²) in [5.74, 6) is 6.21. The highest BCUT2D eigenvalue weighted by atomic mass is 32.1. The number of carbonyl (C=O) groups is 1. The van der Waals surface area contributed by atoms with Gasteiger partial charge in [0.1, 0.15) is 0 Å². The summed E-state index contributed by atoms with van der Waals surface area (Å²) in [7, 11) is 1.80. The molecule has 0 saturated carbocycles. The fourth-order valence-corrected chi connectivity index (χ4v) is 3.27. The summed E-state index contributed by atoms with van der Waals surface area (Å²) in [6.07, 6.45) is 6.61. The molecule has 0 bridgehead atoms. The second-order valence-electron chi connectivity index (χ2n) is 5.06. The molecule has 0 atom stereocenters. The Bertz CT molecular complexity index is 717. The van der Waals surface area contributed by atoms with Gasteiger partial charge in [-0.2, -0.15) is 5.10 Å². The van der Waals surface area contributed by atoms with Crippen molar-refractivity contribution in [3.8, 4) is 11.8 Å². The molecule has 3 rings (SSSR count). The van der Waals surface area contributed by atoms with Crippen LogP contribution in [0.3, 0.4) is 0 Å². The van der Waals surface area contributed by atoms with E-state index in [-0.39, 0.29) is 0 Å². The van der Waals surface area contributed by atoms with E-state index >= 15 is 0 Å². The van der Waals surface area contributed by atoms with Crippen molar-refractivity contribution < 1.29 is 9.53 Å². The molecule has 1 aliphatic rings. The normalized spacial score (nSPS) is 15.1. The Morgan fingerprint density at radius 2 is 2.27 bits per heavy atom. The maximum absolute atomic E-state index is 11.0. The average molecular weight is 315 g/mol. The van der Waals surface area contributed by atoms with Gasteiger partial charge in [0, 0.05) is 26.5 Å². The van der Waals surface area contributed by atoms with E-state index in [1.807, 2.05) is 16.9 Å². The molecule has 1 aliphatic heterocycles. The van der Waals surface area contributed by atoms with Crippen LogP contribution >= 0.6 is 11.3 Å². The molecule has 3 heterocycles. The van der Waals surface area contributed by atoms with E-state index in [0.29, 0.717) is 10.9 Å². The van der Waals surface area contributed by atoms with Gasteiger partial charge in [-0.15, -0.1) is 11.3 Å². The quantitative estimate of drug-likeness (QED) is 0.698. The highest BCUT2D eigenvalue weighted by Gasteiger charge is 2.16. The minimum Gasteiger partial charge on any atom is -0.387 e. The van der Waals surface area contributed by atoms with Crippen molar-refractivity contribution in [1.29, 1.82) is 0 Å². The third kappa shape index (κ3) is 3.21. The third-order valence-electron chi connectivity index (χ3n) is 3.63. The Labute approximate surface area is 133 Å². The third-order valence-corrected chi connectivity index (χ3v) is 4.61. The first kappa shape index (κ1) is 14.8. The Balaban J connectivity index is 1.75. The summed E-state index contributed by atoms with van der Waals surface area (Å²) >= 11 is 1.39. The SMILES string of the molecule is CNc1cc(C#Cc2cnn(C3CCOCC3)c2)sc1C=O. The molecule has 2 aromatic rings. The number of thiophene rings is 1. The van der Waals surface area contributed by atoms with E-state index in [0.717, 1.165) is 48.5 Å². The first-order valence-corrected chi connectivity index (χ1v) is 8.02. The van der Waals surface area contributed by atoms with Crippen LogP contribution in [0.4, 0.5) is 5.69 Å². The van der Waals surface area contributed by atoms with Crippen molar-refractivity contribution >= 4 is 23.3 Å². The predicted octanol–water partition coefficient (Wildman–Crippen LogP) is 2.55. The van der Waals surface area contributed by atoms with Crippen LogP contribution in [0.5, 0.6) is 0 Å². The number of ether oxygens (including phenoxy) is 1. The van der Waals surface area contributed by atoms with Crippen LogP contribution < -0.4 is 5.32 Å². The summed E-state index contributed by atoms with van der Waals surface area (Å²) < 4.78 is 7.35. The number of carbonyl (C=O) groups excluding carboxylic acids is 1. The van der Waals surface area contributed by atoms with Crippen molar-refractivity contribution in [3.63, 3.8) is 0 Å². The number of rotatable bonds is 3. The maximum Gasteiger partial charge on any atom is 0.162 e. The van der Waals surface area contributed by atoms with Gasteiger partial charge in [-0.25, -0.2) is 0 Å². The van der Waals surface area contributed by atoms with Crippen LogP contribution in [0.25, 0.3) is 0 Å². The molecule has 6 heteroatoms.